The molecular weight excluding hydrogens is 284 g/mol. The van der Waals surface area contributed by atoms with Crippen LogP contribution in [0.4, 0.5) is 0 Å². The van der Waals surface area contributed by atoms with Crippen molar-refractivity contribution in [1.82, 2.24) is 10.6 Å². The van der Waals surface area contributed by atoms with Crippen LogP contribution in [0.1, 0.15) is 35.7 Å². The molecule has 0 saturated carbocycles. The summed E-state index contributed by atoms with van der Waals surface area (Å²) < 4.78 is 4.51. The highest BCUT2D eigenvalue weighted by Gasteiger charge is 2.16. The summed E-state index contributed by atoms with van der Waals surface area (Å²) >= 11 is 0. The van der Waals surface area contributed by atoms with E-state index in [1.165, 1.54) is 7.11 Å². The Hall–Kier alpha value is -2.37. The van der Waals surface area contributed by atoms with E-state index < -0.39 is 6.04 Å². The number of hydrogen-bond acceptors (Lipinski definition) is 4. The first-order valence-corrected chi connectivity index (χ1v) is 7.16. The smallest absolute Gasteiger partial charge is 0.305 e. The predicted molar refractivity (Wildman–Crippen MR) is 82.4 cm³/mol. The second-order valence-corrected chi connectivity index (χ2v) is 5.04. The minimum Gasteiger partial charge on any atom is -0.469 e. The average Bonchev–Trinajstić information content (AvgIpc) is 2.50. The molecule has 0 radical (unpaired) electrons. The average molecular weight is 306 g/mol. The molecule has 2 amide bonds. The van der Waals surface area contributed by atoms with Crippen LogP contribution in [0.3, 0.4) is 0 Å². The fourth-order valence-electron chi connectivity index (χ4n) is 1.83. The van der Waals surface area contributed by atoms with Gasteiger partial charge in [-0.25, -0.2) is 0 Å². The lowest BCUT2D eigenvalue weighted by atomic mass is 10.1. The number of hydrogen-bond donors (Lipinski definition) is 2. The number of benzene rings is 1. The summed E-state index contributed by atoms with van der Waals surface area (Å²) in [5.74, 6) is -0.887. The van der Waals surface area contributed by atoms with Gasteiger partial charge in [0.1, 0.15) is 6.04 Å². The summed E-state index contributed by atoms with van der Waals surface area (Å²) in [7, 11) is 1.32. The Balaban J connectivity index is 2.37. The molecule has 1 aromatic carbocycles. The summed E-state index contributed by atoms with van der Waals surface area (Å²) in [4.78, 5) is 34.8. The van der Waals surface area contributed by atoms with Gasteiger partial charge in [0.15, 0.2) is 0 Å². The molecule has 0 aliphatic rings. The quantitative estimate of drug-likeness (QED) is 0.585. The van der Waals surface area contributed by atoms with Crippen LogP contribution < -0.4 is 10.6 Å². The normalized spacial score (nSPS) is 11.4. The van der Waals surface area contributed by atoms with Crippen LogP contribution in [0.25, 0.3) is 0 Å². The SMILES string of the molecule is COC(=O)CCCNC(=O)C(C)NC(=O)c1cccc(C)c1. The van der Waals surface area contributed by atoms with Gasteiger partial charge in [0.05, 0.1) is 7.11 Å². The molecule has 0 heterocycles. The number of aryl methyl sites for hydroxylation is 1. The lowest BCUT2D eigenvalue weighted by molar-refractivity contribution is -0.140. The van der Waals surface area contributed by atoms with Crippen LogP contribution in [-0.2, 0) is 14.3 Å². The second kappa shape index (κ2) is 8.81. The van der Waals surface area contributed by atoms with Crippen LogP contribution >= 0.6 is 0 Å². The second-order valence-electron chi connectivity index (χ2n) is 5.04. The lowest BCUT2D eigenvalue weighted by Gasteiger charge is -2.14. The topological polar surface area (TPSA) is 84.5 Å². The van der Waals surface area contributed by atoms with Crippen LogP contribution in [-0.4, -0.2) is 37.5 Å². The van der Waals surface area contributed by atoms with Crippen molar-refractivity contribution in [2.24, 2.45) is 0 Å². The van der Waals surface area contributed by atoms with Gasteiger partial charge in [-0.2, -0.15) is 0 Å². The molecule has 0 aliphatic carbocycles. The molecule has 2 N–H and O–H groups in total. The number of ether oxygens (including phenoxy) is 1. The molecule has 1 rings (SSSR count). The number of rotatable bonds is 7. The van der Waals surface area contributed by atoms with Crippen molar-refractivity contribution in [3.8, 4) is 0 Å². The molecule has 1 unspecified atom stereocenters. The van der Waals surface area contributed by atoms with E-state index in [0.29, 0.717) is 18.5 Å². The maximum atomic E-state index is 12.0. The van der Waals surface area contributed by atoms with E-state index in [4.69, 9.17) is 0 Å². The van der Waals surface area contributed by atoms with E-state index in [0.717, 1.165) is 5.56 Å². The first kappa shape index (κ1) is 17.7. The molecule has 0 spiro atoms. The Bertz CT molecular complexity index is 543. The van der Waals surface area contributed by atoms with Crippen molar-refractivity contribution >= 4 is 17.8 Å². The third-order valence-electron chi connectivity index (χ3n) is 3.11. The fraction of sp³-hybridized carbons (Fsp3) is 0.438. The number of esters is 1. The summed E-state index contributed by atoms with van der Waals surface area (Å²) in [5, 5.41) is 5.31. The highest BCUT2D eigenvalue weighted by Crippen LogP contribution is 2.04. The van der Waals surface area contributed by atoms with Crippen LogP contribution in [0.5, 0.6) is 0 Å². The van der Waals surface area contributed by atoms with Crippen LogP contribution in [0, 0.1) is 6.92 Å². The zero-order valence-corrected chi connectivity index (χ0v) is 13.1. The van der Waals surface area contributed by atoms with E-state index in [2.05, 4.69) is 15.4 Å². The van der Waals surface area contributed by atoms with Gasteiger partial charge < -0.3 is 15.4 Å². The van der Waals surface area contributed by atoms with Crippen molar-refractivity contribution in [2.75, 3.05) is 13.7 Å². The third kappa shape index (κ3) is 5.95. The Labute approximate surface area is 130 Å². The molecule has 6 nitrogen and oxygen atoms in total. The number of carbonyl (C=O) groups is 3. The van der Waals surface area contributed by atoms with Gasteiger partial charge in [0, 0.05) is 18.5 Å². The Morgan fingerprint density at radius 3 is 2.64 bits per heavy atom. The van der Waals surface area contributed by atoms with Gasteiger partial charge >= 0.3 is 5.97 Å². The molecule has 0 aliphatic heterocycles. The molecule has 0 bridgehead atoms. The predicted octanol–water partition coefficient (Wildman–Crippen LogP) is 1.18. The summed E-state index contributed by atoms with van der Waals surface area (Å²) in [5.41, 5.74) is 1.50. The minimum atomic E-state index is -0.647. The number of nitrogens with one attached hydrogen (secondary N) is 2. The van der Waals surface area contributed by atoms with Crippen molar-refractivity contribution in [3.63, 3.8) is 0 Å². The first-order chi connectivity index (χ1) is 10.4. The molecule has 6 heteroatoms. The maximum absolute atomic E-state index is 12.0. The van der Waals surface area contributed by atoms with Crippen molar-refractivity contribution < 1.29 is 19.1 Å². The molecule has 0 aromatic heterocycles. The standard InChI is InChI=1S/C16H22N2O4/c1-11-6-4-7-13(10-11)16(21)18-12(2)15(20)17-9-5-8-14(19)22-3/h4,6-7,10,12H,5,8-9H2,1-3H3,(H,17,20)(H,18,21). The fourth-order valence-corrected chi connectivity index (χ4v) is 1.83. The number of carbonyl (C=O) groups excluding carboxylic acids is 3. The van der Waals surface area contributed by atoms with Crippen molar-refractivity contribution in [3.05, 3.63) is 35.4 Å². The van der Waals surface area contributed by atoms with Crippen molar-refractivity contribution in [1.29, 1.82) is 0 Å². The van der Waals surface area contributed by atoms with E-state index in [9.17, 15) is 14.4 Å². The molecule has 0 saturated heterocycles. The van der Waals surface area contributed by atoms with E-state index in [-0.39, 0.29) is 24.2 Å². The largest absolute Gasteiger partial charge is 0.469 e. The molecular formula is C16H22N2O4. The summed E-state index contributed by atoms with van der Waals surface area (Å²) in [6, 6.07) is 6.50. The lowest BCUT2D eigenvalue weighted by Crippen LogP contribution is -2.45. The van der Waals surface area contributed by atoms with E-state index in [1.807, 2.05) is 13.0 Å². The number of methoxy groups -OCH3 is 1. The molecule has 1 atom stereocenters. The van der Waals surface area contributed by atoms with Crippen molar-refractivity contribution in [2.45, 2.75) is 32.7 Å². The Kier molecular flexibility index (Phi) is 7.08. The highest BCUT2D eigenvalue weighted by molar-refractivity contribution is 5.97. The van der Waals surface area contributed by atoms with Crippen LogP contribution in [0.2, 0.25) is 0 Å². The summed E-state index contributed by atoms with van der Waals surface area (Å²) in [6.07, 6.45) is 0.748. The van der Waals surface area contributed by atoms with Gasteiger partial charge in [0.25, 0.3) is 5.91 Å². The van der Waals surface area contributed by atoms with E-state index in [1.54, 1.807) is 25.1 Å². The zero-order valence-electron chi connectivity index (χ0n) is 13.1. The third-order valence-corrected chi connectivity index (χ3v) is 3.11. The maximum Gasteiger partial charge on any atom is 0.305 e. The summed E-state index contributed by atoms with van der Waals surface area (Å²) in [6.45, 7) is 3.87. The molecule has 0 fully saturated rings. The Morgan fingerprint density at radius 2 is 2.00 bits per heavy atom. The van der Waals surface area contributed by atoms with Gasteiger partial charge in [-0.15, -0.1) is 0 Å². The monoisotopic (exact) mass is 306 g/mol. The van der Waals surface area contributed by atoms with E-state index >= 15 is 0 Å². The zero-order chi connectivity index (χ0) is 16.5. The number of amides is 2. The first-order valence-electron chi connectivity index (χ1n) is 7.16. The van der Waals surface area contributed by atoms with Gasteiger partial charge in [-0.1, -0.05) is 17.7 Å². The molecule has 1 aromatic rings. The Morgan fingerprint density at radius 1 is 1.27 bits per heavy atom. The minimum absolute atomic E-state index is 0.251. The van der Waals surface area contributed by atoms with Gasteiger partial charge in [0.2, 0.25) is 5.91 Å². The van der Waals surface area contributed by atoms with Gasteiger partial charge in [-0.05, 0) is 32.4 Å². The van der Waals surface area contributed by atoms with Gasteiger partial charge in [-0.3, -0.25) is 14.4 Å². The van der Waals surface area contributed by atoms with Crippen LogP contribution in [0.15, 0.2) is 24.3 Å². The molecule has 22 heavy (non-hydrogen) atoms. The highest BCUT2D eigenvalue weighted by atomic mass is 16.5. The molecule has 120 valence electrons.